The predicted octanol–water partition coefficient (Wildman–Crippen LogP) is 2.50. The molecule has 0 saturated heterocycles. The second-order valence-electron chi connectivity index (χ2n) is 2.86. The molecule has 0 amide bonds. The van der Waals surface area contributed by atoms with Crippen LogP contribution in [0.4, 0.5) is 5.69 Å². The highest BCUT2D eigenvalue weighted by atomic mass is 32.1. The van der Waals surface area contributed by atoms with Crippen LogP contribution in [0.5, 0.6) is 11.5 Å². The van der Waals surface area contributed by atoms with Crippen LogP contribution in [0, 0.1) is 0 Å². The molecule has 1 aromatic carbocycles. The molecule has 0 radical (unpaired) electrons. The van der Waals surface area contributed by atoms with E-state index in [1.807, 2.05) is 11.4 Å². The first kappa shape index (κ1) is 9.15. The van der Waals surface area contributed by atoms with Gasteiger partial charge in [0.2, 0.25) is 0 Å². The highest BCUT2D eigenvalue weighted by molar-refractivity contribution is 7.17. The number of fused-ring (bicyclic) bond motifs is 1. The molecule has 74 valence electrons. The first-order chi connectivity index (χ1) is 6.77. The Morgan fingerprint density at radius 1 is 1.29 bits per heavy atom. The quantitative estimate of drug-likeness (QED) is 0.773. The van der Waals surface area contributed by atoms with Crippen LogP contribution in [0.3, 0.4) is 0 Å². The van der Waals surface area contributed by atoms with Gasteiger partial charge in [-0.25, -0.2) is 0 Å². The van der Waals surface area contributed by atoms with E-state index >= 15 is 0 Å². The van der Waals surface area contributed by atoms with Gasteiger partial charge in [0.25, 0.3) is 0 Å². The van der Waals surface area contributed by atoms with Crippen LogP contribution >= 0.6 is 11.3 Å². The normalized spacial score (nSPS) is 10.4. The number of anilines is 1. The van der Waals surface area contributed by atoms with Gasteiger partial charge in [-0.1, -0.05) is 0 Å². The molecule has 0 unspecified atom stereocenters. The average molecular weight is 209 g/mol. The molecule has 0 saturated carbocycles. The van der Waals surface area contributed by atoms with Crippen molar-refractivity contribution < 1.29 is 9.47 Å². The van der Waals surface area contributed by atoms with Crippen molar-refractivity contribution in [1.82, 2.24) is 0 Å². The maximum absolute atomic E-state index is 5.83. The Morgan fingerprint density at radius 2 is 2.07 bits per heavy atom. The molecule has 0 atom stereocenters. The fourth-order valence-corrected chi connectivity index (χ4v) is 2.42. The molecule has 0 spiro atoms. The Hall–Kier alpha value is -1.42. The smallest absolute Gasteiger partial charge is 0.159 e. The summed E-state index contributed by atoms with van der Waals surface area (Å²) in [6, 6.07) is 3.79. The summed E-state index contributed by atoms with van der Waals surface area (Å²) in [4.78, 5) is 0. The molecule has 0 aliphatic heterocycles. The molecule has 2 rings (SSSR count). The minimum Gasteiger partial charge on any atom is -0.496 e. The molecule has 2 aromatic rings. The number of ether oxygens (including phenoxy) is 2. The predicted molar refractivity (Wildman–Crippen MR) is 59.3 cm³/mol. The zero-order valence-corrected chi connectivity index (χ0v) is 8.85. The molecular weight excluding hydrogens is 198 g/mol. The Balaban J connectivity index is 2.81. The van der Waals surface area contributed by atoms with Crippen molar-refractivity contribution in [3.05, 3.63) is 17.5 Å². The average Bonchev–Trinajstić information content (AvgIpc) is 2.65. The fourth-order valence-electron chi connectivity index (χ4n) is 1.47. The number of thiophene rings is 1. The molecule has 0 aliphatic carbocycles. The van der Waals surface area contributed by atoms with Crippen LogP contribution in [-0.2, 0) is 0 Å². The summed E-state index contributed by atoms with van der Waals surface area (Å²) in [6.07, 6.45) is 0. The summed E-state index contributed by atoms with van der Waals surface area (Å²) in [5.41, 5.74) is 6.44. The van der Waals surface area contributed by atoms with Gasteiger partial charge >= 0.3 is 0 Å². The van der Waals surface area contributed by atoms with E-state index in [-0.39, 0.29) is 0 Å². The zero-order chi connectivity index (χ0) is 10.1. The van der Waals surface area contributed by atoms with Gasteiger partial charge in [0, 0.05) is 11.5 Å². The van der Waals surface area contributed by atoms with Crippen LogP contribution in [0.15, 0.2) is 17.5 Å². The lowest BCUT2D eigenvalue weighted by Crippen LogP contribution is -1.94. The minimum absolute atomic E-state index is 0.610. The first-order valence-corrected chi connectivity index (χ1v) is 5.03. The van der Waals surface area contributed by atoms with Crippen molar-refractivity contribution in [2.24, 2.45) is 0 Å². The number of rotatable bonds is 2. The molecule has 0 aliphatic rings. The number of nitrogen functional groups attached to an aromatic ring is 1. The van der Waals surface area contributed by atoms with Crippen LogP contribution in [0.25, 0.3) is 10.1 Å². The summed E-state index contributed by atoms with van der Waals surface area (Å²) in [5.74, 6) is 1.52. The maximum Gasteiger partial charge on any atom is 0.159 e. The van der Waals surface area contributed by atoms with Crippen molar-refractivity contribution in [2.75, 3.05) is 20.0 Å². The van der Waals surface area contributed by atoms with E-state index in [0.717, 1.165) is 21.6 Å². The van der Waals surface area contributed by atoms with E-state index in [4.69, 9.17) is 15.2 Å². The summed E-state index contributed by atoms with van der Waals surface area (Å²) >= 11 is 1.60. The highest BCUT2D eigenvalue weighted by Crippen LogP contribution is 2.41. The van der Waals surface area contributed by atoms with E-state index in [2.05, 4.69) is 0 Å². The van der Waals surface area contributed by atoms with Gasteiger partial charge in [-0.05, 0) is 11.4 Å². The highest BCUT2D eigenvalue weighted by Gasteiger charge is 2.11. The minimum atomic E-state index is 0.610. The Labute approximate surface area is 86.1 Å². The first-order valence-electron chi connectivity index (χ1n) is 4.15. The van der Waals surface area contributed by atoms with Gasteiger partial charge in [0.1, 0.15) is 5.75 Å². The lowest BCUT2D eigenvalue weighted by Gasteiger charge is -2.08. The summed E-state index contributed by atoms with van der Waals surface area (Å²) < 4.78 is 11.5. The Morgan fingerprint density at radius 3 is 2.71 bits per heavy atom. The van der Waals surface area contributed by atoms with Crippen LogP contribution < -0.4 is 15.2 Å². The topological polar surface area (TPSA) is 44.5 Å². The second kappa shape index (κ2) is 3.38. The van der Waals surface area contributed by atoms with Crippen molar-refractivity contribution in [1.29, 1.82) is 0 Å². The monoisotopic (exact) mass is 209 g/mol. The van der Waals surface area contributed by atoms with Gasteiger partial charge in [-0.3, -0.25) is 0 Å². The van der Waals surface area contributed by atoms with Gasteiger partial charge in [-0.15, -0.1) is 11.3 Å². The van der Waals surface area contributed by atoms with Crippen molar-refractivity contribution >= 4 is 27.1 Å². The van der Waals surface area contributed by atoms with E-state index in [9.17, 15) is 0 Å². The van der Waals surface area contributed by atoms with E-state index < -0.39 is 0 Å². The third-order valence-electron chi connectivity index (χ3n) is 2.11. The maximum atomic E-state index is 5.83. The molecule has 0 bridgehead atoms. The Bertz CT molecular complexity index is 464. The number of methoxy groups -OCH3 is 2. The summed E-state index contributed by atoms with van der Waals surface area (Å²) in [5, 5.41) is 3.04. The van der Waals surface area contributed by atoms with Gasteiger partial charge in [-0.2, -0.15) is 0 Å². The number of benzene rings is 1. The number of hydrogen-bond donors (Lipinski definition) is 1. The molecule has 0 fully saturated rings. The molecule has 4 heteroatoms. The summed E-state index contributed by atoms with van der Waals surface area (Å²) in [7, 11) is 3.26. The second-order valence-corrected chi connectivity index (χ2v) is 3.78. The largest absolute Gasteiger partial charge is 0.496 e. The lowest BCUT2D eigenvalue weighted by atomic mass is 10.2. The summed E-state index contributed by atoms with van der Waals surface area (Å²) in [6.45, 7) is 0. The third-order valence-corrected chi connectivity index (χ3v) is 3.02. The molecule has 3 nitrogen and oxygen atoms in total. The van der Waals surface area contributed by atoms with Crippen LogP contribution in [-0.4, -0.2) is 14.2 Å². The van der Waals surface area contributed by atoms with Gasteiger partial charge < -0.3 is 15.2 Å². The van der Waals surface area contributed by atoms with Crippen molar-refractivity contribution in [3.8, 4) is 11.5 Å². The van der Waals surface area contributed by atoms with Gasteiger partial charge in [0.15, 0.2) is 5.75 Å². The molecular formula is C10H11NO2S. The van der Waals surface area contributed by atoms with Crippen LogP contribution in [0.1, 0.15) is 0 Å². The van der Waals surface area contributed by atoms with E-state index in [0.29, 0.717) is 5.69 Å². The fraction of sp³-hybridized carbons (Fsp3) is 0.200. The lowest BCUT2D eigenvalue weighted by molar-refractivity contribution is 0.413. The molecule has 2 N–H and O–H groups in total. The standard InChI is InChI=1S/C10H11NO2S/c1-12-8-5-7(11)9(13-2)10-6(8)3-4-14-10/h3-5H,11H2,1-2H3. The van der Waals surface area contributed by atoms with E-state index in [1.54, 1.807) is 31.6 Å². The molecule has 1 heterocycles. The SMILES string of the molecule is COc1cc(N)c(OC)c2sccc12. The number of nitrogens with two attached hydrogens (primary N) is 1. The Kier molecular flexibility index (Phi) is 2.21. The van der Waals surface area contributed by atoms with Crippen molar-refractivity contribution in [3.63, 3.8) is 0 Å². The third kappa shape index (κ3) is 1.19. The molecule has 14 heavy (non-hydrogen) atoms. The van der Waals surface area contributed by atoms with Gasteiger partial charge in [0.05, 0.1) is 24.6 Å². The molecule has 1 aromatic heterocycles. The van der Waals surface area contributed by atoms with Crippen LogP contribution in [0.2, 0.25) is 0 Å². The van der Waals surface area contributed by atoms with Crippen molar-refractivity contribution in [2.45, 2.75) is 0 Å². The zero-order valence-electron chi connectivity index (χ0n) is 8.03. The van der Waals surface area contributed by atoms with E-state index in [1.165, 1.54) is 0 Å². The number of hydrogen-bond acceptors (Lipinski definition) is 4.